The highest BCUT2D eigenvalue weighted by atomic mass is 79.9. The van der Waals surface area contributed by atoms with Crippen LogP contribution >= 0.6 is 27.3 Å². The third-order valence-electron chi connectivity index (χ3n) is 3.00. The van der Waals surface area contributed by atoms with E-state index in [9.17, 15) is 5.11 Å². The molecule has 2 aromatic heterocycles. The first-order valence-corrected chi connectivity index (χ1v) is 7.30. The standard InChI is InChI=1S/C14H12BrNOS/c15-14-6-5-11(18-14)8-16-7-10(9-17)12-3-1-2-4-13(12)16/h1-7,17H,8-9H2. The van der Waals surface area contributed by atoms with Gasteiger partial charge in [-0.3, -0.25) is 0 Å². The maximum Gasteiger partial charge on any atom is 0.0702 e. The summed E-state index contributed by atoms with van der Waals surface area (Å²) in [4.78, 5) is 1.30. The number of benzene rings is 1. The average Bonchev–Trinajstić information content (AvgIpc) is 2.95. The van der Waals surface area contributed by atoms with Gasteiger partial charge in [-0.25, -0.2) is 0 Å². The van der Waals surface area contributed by atoms with E-state index in [1.54, 1.807) is 11.3 Å². The molecule has 0 unspecified atom stereocenters. The summed E-state index contributed by atoms with van der Waals surface area (Å²) in [5.41, 5.74) is 2.16. The molecule has 0 radical (unpaired) electrons. The SMILES string of the molecule is OCc1cn(Cc2ccc(Br)s2)c2ccccc12. The summed E-state index contributed by atoms with van der Waals surface area (Å²) < 4.78 is 3.34. The van der Waals surface area contributed by atoms with Gasteiger partial charge >= 0.3 is 0 Å². The van der Waals surface area contributed by atoms with Crippen molar-refractivity contribution in [3.05, 3.63) is 56.8 Å². The van der Waals surface area contributed by atoms with E-state index in [1.165, 1.54) is 10.4 Å². The lowest BCUT2D eigenvalue weighted by molar-refractivity contribution is 0.283. The number of nitrogens with zero attached hydrogens (tertiary/aromatic N) is 1. The van der Waals surface area contributed by atoms with Crippen LogP contribution in [0.4, 0.5) is 0 Å². The molecule has 2 heterocycles. The number of hydrogen-bond donors (Lipinski definition) is 1. The Hall–Kier alpha value is -1.10. The first-order valence-electron chi connectivity index (χ1n) is 5.70. The van der Waals surface area contributed by atoms with Gasteiger partial charge < -0.3 is 9.67 Å². The van der Waals surface area contributed by atoms with Crippen molar-refractivity contribution >= 4 is 38.2 Å². The van der Waals surface area contributed by atoms with Crippen LogP contribution in [0, 0.1) is 0 Å². The summed E-state index contributed by atoms with van der Waals surface area (Å²) in [6.45, 7) is 0.929. The highest BCUT2D eigenvalue weighted by Gasteiger charge is 2.08. The Morgan fingerprint density at radius 3 is 2.72 bits per heavy atom. The van der Waals surface area contributed by atoms with Crippen LogP contribution in [0.1, 0.15) is 10.4 Å². The molecule has 2 nitrogen and oxygen atoms in total. The van der Waals surface area contributed by atoms with E-state index >= 15 is 0 Å². The molecule has 0 saturated heterocycles. The molecule has 0 amide bonds. The van der Waals surface area contributed by atoms with Crippen LogP contribution < -0.4 is 0 Å². The molecule has 3 rings (SSSR count). The maximum absolute atomic E-state index is 9.40. The van der Waals surface area contributed by atoms with Gasteiger partial charge in [0.2, 0.25) is 0 Å². The Balaban J connectivity index is 2.06. The van der Waals surface area contributed by atoms with Gasteiger partial charge in [-0.1, -0.05) is 18.2 Å². The molecule has 1 aromatic carbocycles. The Morgan fingerprint density at radius 1 is 1.17 bits per heavy atom. The molecule has 3 aromatic rings. The first-order chi connectivity index (χ1) is 8.78. The summed E-state index contributed by atoms with van der Waals surface area (Å²) in [6, 6.07) is 12.4. The minimum Gasteiger partial charge on any atom is -0.392 e. The van der Waals surface area contributed by atoms with Gasteiger partial charge in [0.05, 0.1) is 16.9 Å². The zero-order valence-electron chi connectivity index (χ0n) is 9.64. The van der Waals surface area contributed by atoms with Crippen molar-refractivity contribution in [2.75, 3.05) is 0 Å². The molecule has 0 aliphatic carbocycles. The lowest BCUT2D eigenvalue weighted by atomic mass is 10.2. The zero-order chi connectivity index (χ0) is 12.5. The molecule has 1 N–H and O–H groups in total. The molecule has 0 fully saturated rings. The second kappa shape index (κ2) is 4.88. The van der Waals surface area contributed by atoms with Crippen molar-refractivity contribution in [2.24, 2.45) is 0 Å². The fourth-order valence-corrected chi connectivity index (χ4v) is 3.67. The number of aliphatic hydroxyl groups is 1. The third kappa shape index (κ3) is 2.11. The van der Waals surface area contributed by atoms with Crippen LogP contribution in [0.15, 0.2) is 46.4 Å². The molecule has 0 spiro atoms. The van der Waals surface area contributed by atoms with E-state index in [4.69, 9.17) is 0 Å². The fraction of sp³-hybridized carbons (Fsp3) is 0.143. The van der Waals surface area contributed by atoms with Crippen LogP contribution in [-0.4, -0.2) is 9.67 Å². The molecule has 4 heteroatoms. The topological polar surface area (TPSA) is 25.2 Å². The number of aliphatic hydroxyl groups excluding tert-OH is 1. The number of hydrogen-bond acceptors (Lipinski definition) is 2. The average molecular weight is 322 g/mol. The van der Waals surface area contributed by atoms with Gasteiger partial charge in [0.15, 0.2) is 0 Å². The first kappa shape index (κ1) is 12.0. The van der Waals surface area contributed by atoms with Gasteiger partial charge in [0, 0.05) is 27.5 Å². The van der Waals surface area contributed by atoms with Crippen LogP contribution in [0.3, 0.4) is 0 Å². The largest absolute Gasteiger partial charge is 0.392 e. The molecule has 0 atom stereocenters. The van der Waals surface area contributed by atoms with Gasteiger partial charge in [-0.05, 0) is 34.1 Å². The number of halogens is 1. The molecular weight excluding hydrogens is 310 g/mol. The van der Waals surface area contributed by atoms with E-state index in [-0.39, 0.29) is 6.61 Å². The van der Waals surface area contributed by atoms with E-state index in [1.807, 2.05) is 18.3 Å². The van der Waals surface area contributed by atoms with Crippen molar-refractivity contribution in [3.8, 4) is 0 Å². The smallest absolute Gasteiger partial charge is 0.0702 e. The fourth-order valence-electron chi connectivity index (χ4n) is 2.18. The number of fused-ring (bicyclic) bond motifs is 1. The van der Waals surface area contributed by atoms with Crippen molar-refractivity contribution < 1.29 is 5.11 Å². The molecule has 0 bridgehead atoms. The second-order valence-electron chi connectivity index (χ2n) is 4.16. The van der Waals surface area contributed by atoms with E-state index in [0.29, 0.717) is 0 Å². The van der Waals surface area contributed by atoms with Crippen molar-refractivity contribution in [2.45, 2.75) is 13.2 Å². The Bertz CT molecular complexity index is 686. The van der Waals surface area contributed by atoms with Crippen LogP contribution in [0.2, 0.25) is 0 Å². The number of para-hydroxylation sites is 1. The van der Waals surface area contributed by atoms with E-state index < -0.39 is 0 Å². The van der Waals surface area contributed by atoms with E-state index in [0.717, 1.165) is 21.3 Å². The number of rotatable bonds is 3. The quantitative estimate of drug-likeness (QED) is 0.774. The van der Waals surface area contributed by atoms with Crippen molar-refractivity contribution in [1.82, 2.24) is 4.57 Å². The zero-order valence-corrected chi connectivity index (χ0v) is 12.0. The second-order valence-corrected chi connectivity index (χ2v) is 6.71. The van der Waals surface area contributed by atoms with Crippen LogP contribution in [0.5, 0.6) is 0 Å². The molecule has 0 aliphatic heterocycles. The highest BCUT2D eigenvalue weighted by molar-refractivity contribution is 9.11. The predicted molar refractivity (Wildman–Crippen MR) is 79.0 cm³/mol. The minimum absolute atomic E-state index is 0.0850. The maximum atomic E-state index is 9.40. The lowest BCUT2D eigenvalue weighted by Crippen LogP contribution is -1.95. The summed E-state index contributed by atoms with van der Waals surface area (Å²) in [7, 11) is 0. The molecule has 18 heavy (non-hydrogen) atoms. The van der Waals surface area contributed by atoms with Crippen LogP contribution in [0.25, 0.3) is 10.9 Å². The monoisotopic (exact) mass is 321 g/mol. The van der Waals surface area contributed by atoms with Crippen molar-refractivity contribution in [1.29, 1.82) is 0 Å². The minimum atomic E-state index is 0.0850. The van der Waals surface area contributed by atoms with Gasteiger partial charge in [-0.2, -0.15) is 0 Å². The number of thiophene rings is 1. The molecule has 0 aliphatic rings. The van der Waals surface area contributed by atoms with Crippen LogP contribution in [-0.2, 0) is 13.2 Å². The van der Waals surface area contributed by atoms with Crippen molar-refractivity contribution in [3.63, 3.8) is 0 Å². The predicted octanol–water partition coefficient (Wildman–Crippen LogP) is 4.01. The lowest BCUT2D eigenvalue weighted by Gasteiger charge is -2.02. The van der Waals surface area contributed by atoms with Gasteiger partial charge in [0.25, 0.3) is 0 Å². The third-order valence-corrected chi connectivity index (χ3v) is 4.60. The Kier molecular flexibility index (Phi) is 3.24. The molecular formula is C14H12BrNOS. The van der Waals surface area contributed by atoms with Gasteiger partial charge in [-0.15, -0.1) is 11.3 Å². The summed E-state index contributed by atoms with van der Waals surface area (Å²) >= 11 is 5.22. The van der Waals surface area contributed by atoms with E-state index in [2.05, 4.69) is 44.8 Å². The summed E-state index contributed by atoms with van der Waals surface area (Å²) in [5.74, 6) is 0. The Labute approximate surface area is 118 Å². The molecule has 92 valence electrons. The van der Waals surface area contributed by atoms with Gasteiger partial charge in [0.1, 0.15) is 0 Å². The summed E-state index contributed by atoms with van der Waals surface area (Å²) in [5, 5.41) is 10.5. The highest BCUT2D eigenvalue weighted by Crippen LogP contribution is 2.26. The molecule has 0 saturated carbocycles. The Morgan fingerprint density at radius 2 is 2.00 bits per heavy atom. The summed E-state index contributed by atoms with van der Waals surface area (Å²) in [6.07, 6.45) is 2.04. The normalized spacial score (nSPS) is 11.2. The number of aromatic nitrogens is 1.